The Kier molecular flexibility index (Phi) is 9.76. The third kappa shape index (κ3) is 8.09. The molecule has 0 fully saturated rings. The fourth-order valence-corrected chi connectivity index (χ4v) is 3.04. The summed E-state index contributed by atoms with van der Waals surface area (Å²) in [5, 5.41) is 6.31. The van der Waals surface area contributed by atoms with Gasteiger partial charge in [-0.3, -0.25) is 9.59 Å². The second-order valence-corrected chi connectivity index (χ2v) is 7.89. The van der Waals surface area contributed by atoms with Crippen LogP contribution in [0.15, 0.2) is 77.9 Å². The molecule has 36 heavy (non-hydrogen) atoms. The van der Waals surface area contributed by atoms with E-state index in [0.29, 0.717) is 34.9 Å². The molecule has 8 nitrogen and oxygen atoms in total. The molecule has 0 aliphatic carbocycles. The number of hydrogen-bond acceptors (Lipinski definition) is 6. The smallest absolute Gasteiger partial charge is 0.343 e. The number of hydrazone groups is 1. The Morgan fingerprint density at radius 1 is 0.833 bits per heavy atom. The van der Waals surface area contributed by atoms with Gasteiger partial charge in [0.25, 0.3) is 0 Å². The molecule has 3 aromatic carbocycles. The van der Waals surface area contributed by atoms with Crippen LogP contribution in [0, 0.1) is 0 Å². The van der Waals surface area contributed by atoms with Gasteiger partial charge in [-0.05, 0) is 84.6 Å². The van der Waals surface area contributed by atoms with Crippen LogP contribution in [0.5, 0.6) is 11.5 Å². The highest BCUT2D eigenvalue weighted by Gasteiger charge is 2.13. The van der Waals surface area contributed by atoms with Gasteiger partial charge in [-0.15, -0.1) is 0 Å². The third-order valence-electron chi connectivity index (χ3n) is 5.15. The van der Waals surface area contributed by atoms with Crippen molar-refractivity contribution in [3.8, 4) is 11.5 Å². The molecule has 2 amide bonds. The second-order valence-electron chi connectivity index (χ2n) is 7.89. The Labute approximate surface area is 210 Å². The predicted octanol–water partition coefficient (Wildman–Crippen LogP) is 4.74. The summed E-state index contributed by atoms with van der Waals surface area (Å²) in [5.74, 6) is -1.13. The Morgan fingerprint density at radius 3 is 2.14 bits per heavy atom. The van der Waals surface area contributed by atoms with Crippen LogP contribution < -0.4 is 20.2 Å². The molecule has 0 radical (unpaired) electrons. The molecule has 0 bridgehead atoms. The second kappa shape index (κ2) is 13.4. The number of nitrogens with zero attached hydrogens (tertiary/aromatic N) is 1. The SMILES string of the molecule is CCCCOc1ccc(C(=O)Oc2ccc(C=NNC(=O)C(=O)Nc3ccc(CC)cc3)cc2)cc1. The summed E-state index contributed by atoms with van der Waals surface area (Å²) >= 11 is 0. The van der Waals surface area contributed by atoms with Crippen LogP contribution in [0.2, 0.25) is 0 Å². The maximum Gasteiger partial charge on any atom is 0.343 e. The van der Waals surface area contributed by atoms with E-state index >= 15 is 0 Å². The van der Waals surface area contributed by atoms with Gasteiger partial charge in [-0.25, -0.2) is 10.2 Å². The van der Waals surface area contributed by atoms with Crippen molar-refractivity contribution in [1.82, 2.24) is 5.43 Å². The van der Waals surface area contributed by atoms with Gasteiger partial charge in [0.15, 0.2) is 0 Å². The summed E-state index contributed by atoms with van der Waals surface area (Å²) in [6.45, 7) is 4.76. The van der Waals surface area contributed by atoms with Crippen molar-refractivity contribution in [2.45, 2.75) is 33.1 Å². The third-order valence-corrected chi connectivity index (χ3v) is 5.15. The highest BCUT2D eigenvalue weighted by molar-refractivity contribution is 6.39. The Balaban J connectivity index is 1.46. The summed E-state index contributed by atoms with van der Waals surface area (Å²) in [4.78, 5) is 36.3. The number of anilines is 1. The monoisotopic (exact) mass is 487 g/mol. The molecule has 8 heteroatoms. The number of rotatable bonds is 10. The van der Waals surface area contributed by atoms with Crippen LogP contribution in [-0.2, 0) is 16.0 Å². The molecular formula is C28H29N3O5. The Morgan fingerprint density at radius 2 is 1.50 bits per heavy atom. The van der Waals surface area contributed by atoms with Crippen molar-refractivity contribution in [2.75, 3.05) is 11.9 Å². The van der Waals surface area contributed by atoms with Gasteiger partial charge in [0, 0.05) is 5.69 Å². The minimum atomic E-state index is -0.891. The largest absolute Gasteiger partial charge is 0.494 e. The van der Waals surface area contributed by atoms with Crippen molar-refractivity contribution in [2.24, 2.45) is 5.10 Å². The van der Waals surface area contributed by atoms with E-state index in [1.54, 1.807) is 60.7 Å². The lowest BCUT2D eigenvalue weighted by Gasteiger charge is -2.07. The molecule has 0 atom stereocenters. The van der Waals surface area contributed by atoms with E-state index in [-0.39, 0.29) is 0 Å². The molecule has 0 heterocycles. The zero-order chi connectivity index (χ0) is 25.8. The number of benzene rings is 3. The zero-order valence-electron chi connectivity index (χ0n) is 20.3. The topological polar surface area (TPSA) is 106 Å². The molecule has 0 aromatic heterocycles. The van der Waals surface area contributed by atoms with E-state index < -0.39 is 17.8 Å². The van der Waals surface area contributed by atoms with Gasteiger partial charge in [0.05, 0.1) is 18.4 Å². The molecule has 0 aliphatic rings. The van der Waals surface area contributed by atoms with Crippen molar-refractivity contribution < 1.29 is 23.9 Å². The molecule has 3 rings (SSSR count). The summed E-state index contributed by atoms with van der Waals surface area (Å²) in [5.41, 5.74) is 4.89. The number of carbonyl (C=O) groups excluding carboxylic acids is 3. The molecule has 0 saturated heterocycles. The fraction of sp³-hybridized carbons (Fsp3) is 0.214. The fourth-order valence-electron chi connectivity index (χ4n) is 3.04. The first-order valence-corrected chi connectivity index (χ1v) is 11.8. The quantitative estimate of drug-likeness (QED) is 0.107. The molecular weight excluding hydrogens is 458 g/mol. The van der Waals surface area contributed by atoms with E-state index in [4.69, 9.17) is 9.47 Å². The van der Waals surface area contributed by atoms with Crippen molar-refractivity contribution in [3.63, 3.8) is 0 Å². The van der Waals surface area contributed by atoms with Gasteiger partial charge < -0.3 is 14.8 Å². The van der Waals surface area contributed by atoms with Crippen molar-refractivity contribution >= 4 is 29.7 Å². The lowest BCUT2D eigenvalue weighted by Crippen LogP contribution is -2.32. The molecule has 0 saturated carbocycles. The summed E-state index contributed by atoms with van der Waals surface area (Å²) in [6, 6.07) is 20.6. The predicted molar refractivity (Wildman–Crippen MR) is 138 cm³/mol. The average molecular weight is 488 g/mol. The highest BCUT2D eigenvalue weighted by Crippen LogP contribution is 2.17. The van der Waals surface area contributed by atoms with E-state index in [9.17, 15) is 14.4 Å². The standard InChI is InChI=1S/C28H29N3O5/c1-3-5-18-35-24-16-10-22(11-17-24)28(34)36-25-14-8-21(9-15-25)19-29-31-27(33)26(32)30-23-12-6-20(4-2)7-13-23/h6-17,19H,3-5,18H2,1-2H3,(H,30,32)(H,31,33). The number of hydrogen-bond donors (Lipinski definition) is 2. The average Bonchev–Trinajstić information content (AvgIpc) is 2.90. The van der Waals surface area contributed by atoms with Crippen LogP contribution in [0.3, 0.4) is 0 Å². The van der Waals surface area contributed by atoms with Crippen LogP contribution in [0.4, 0.5) is 5.69 Å². The van der Waals surface area contributed by atoms with Crippen molar-refractivity contribution in [3.05, 3.63) is 89.5 Å². The van der Waals surface area contributed by atoms with Crippen LogP contribution >= 0.6 is 0 Å². The Bertz CT molecular complexity index is 1190. The maximum atomic E-state index is 12.4. The molecule has 0 aliphatic heterocycles. The number of aryl methyl sites for hydroxylation is 1. The summed E-state index contributed by atoms with van der Waals surface area (Å²) in [6.07, 6.45) is 4.29. The first-order chi connectivity index (χ1) is 17.5. The van der Waals surface area contributed by atoms with Gasteiger partial charge in [0.2, 0.25) is 0 Å². The first kappa shape index (κ1) is 26.2. The normalized spacial score (nSPS) is 10.6. The van der Waals surface area contributed by atoms with Gasteiger partial charge in [-0.2, -0.15) is 5.10 Å². The minimum absolute atomic E-state index is 0.359. The number of nitrogens with one attached hydrogen (secondary N) is 2. The highest BCUT2D eigenvalue weighted by atomic mass is 16.5. The van der Waals surface area contributed by atoms with Crippen LogP contribution in [0.1, 0.15) is 48.2 Å². The van der Waals surface area contributed by atoms with Crippen LogP contribution in [-0.4, -0.2) is 30.6 Å². The molecule has 0 spiro atoms. The Hall–Kier alpha value is -4.46. The lowest BCUT2D eigenvalue weighted by molar-refractivity contribution is -0.136. The lowest BCUT2D eigenvalue weighted by atomic mass is 10.1. The molecule has 0 unspecified atom stereocenters. The van der Waals surface area contributed by atoms with Gasteiger partial charge in [0.1, 0.15) is 11.5 Å². The van der Waals surface area contributed by atoms with Crippen molar-refractivity contribution in [1.29, 1.82) is 0 Å². The number of carbonyl (C=O) groups is 3. The van der Waals surface area contributed by atoms with E-state index in [2.05, 4.69) is 22.8 Å². The zero-order valence-corrected chi connectivity index (χ0v) is 20.3. The maximum absolute atomic E-state index is 12.4. The van der Waals surface area contributed by atoms with Gasteiger partial charge >= 0.3 is 17.8 Å². The van der Waals surface area contributed by atoms with E-state index in [0.717, 1.165) is 24.8 Å². The molecule has 2 N–H and O–H groups in total. The number of ether oxygens (including phenoxy) is 2. The van der Waals surface area contributed by atoms with Gasteiger partial charge in [-0.1, -0.05) is 32.4 Å². The van der Waals surface area contributed by atoms with Crippen LogP contribution in [0.25, 0.3) is 0 Å². The molecule has 3 aromatic rings. The molecule has 186 valence electrons. The summed E-state index contributed by atoms with van der Waals surface area (Å²) < 4.78 is 11.0. The number of unbranched alkanes of at least 4 members (excludes halogenated alkanes) is 1. The summed E-state index contributed by atoms with van der Waals surface area (Å²) in [7, 11) is 0. The number of esters is 1. The van der Waals surface area contributed by atoms with E-state index in [1.807, 2.05) is 19.1 Å². The van der Waals surface area contributed by atoms with E-state index in [1.165, 1.54) is 6.21 Å². The first-order valence-electron chi connectivity index (χ1n) is 11.8. The minimum Gasteiger partial charge on any atom is -0.494 e. The number of amides is 2.